The summed E-state index contributed by atoms with van der Waals surface area (Å²) in [5.74, 6) is 1.49. The standard InChI is InChI=1S/C16H29BN2S/c1-13(2)14-18-15(20-19-14)16(17)11-9-7-5-3-4-6-8-10-12-16/h13H,3-12,17H2,1-2H3. The Morgan fingerprint density at radius 3 is 1.90 bits per heavy atom. The van der Waals surface area contributed by atoms with E-state index in [2.05, 4.69) is 26.1 Å². The molecule has 1 fully saturated rings. The lowest BCUT2D eigenvalue weighted by molar-refractivity contribution is 0.459. The lowest BCUT2D eigenvalue weighted by Gasteiger charge is -2.27. The van der Waals surface area contributed by atoms with Gasteiger partial charge in [-0.1, -0.05) is 65.2 Å². The smallest absolute Gasteiger partial charge is 0.145 e. The van der Waals surface area contributed by atoms with E-state index in [1.807, 2.05) is 0 Å². The average Bonchev–Trinajstić information content (AvgIpc) is 2.89. The number of hydrogen-bond acceptors (Lipinski definition) is 3. The summed E-state index contributed by atoms with van der Waals surface area (Å²) in [5.41, 5.74) is 0. The molecule has 0 aliphatic heterocycles. The second-order valence-corrected chi connectivity index (χ2v) is 7.75. The van der Waals surface area contributed by atoms with E-state index in [0.29, 0.717) is 5.92 Å². The molecule has 4 heteroatoms. The van der Waals surface area contributed by atoms with Crippen LogP contribution in [0.25, 0.3) is 0 Å². The van der Waals surface area contributed by atoms with E-state index in [0.717, 1.165) is 5.82 Å². The molecule has 2 rings (SSSR count). The number of rotatable bonds is 2. The predicted octanol–water partition coefficient (Wildman–Crippen LogP) is 4.40. The van der Waals surface area contributed by atoms with Gasteiger partial charge in [-0.15, -0.1) is 0 Å². The molecule has 1 saturated carbocycles. The molecule has 0 saturated heterocycles. The van der Waals surface area contributed by atoms with Crippen molar-refractivity contribution in [3.8, 4) is 0 Å². The van der Waals surface area contributed by atoms with E-state index in [1.165, 1.54) is 69.2 Å². The maximum absolute atomic E-state index is 4.86. The highest BCUT2D eigenvalue weighted by Gasteiger charge is 2.30. The fraction of sp³-hybridized carbons (Fsp3) is 0.875. The average molecular weight is 292 g/mol. The molecule has 0 radical (unpaired) electrons. The normalized spacial score (nSPS) is 21.6. The first-order valence-corrected chi connectivity index (χ1v) is 9.23. The van der Waals surface area contributed by atoms with E-state index in [9.17, 15) is 0 Å². The molecule has 1 aromatic rings. The minimum Gasteiger partial charge on any atom is -0.224 e. The Morgan fingerprint density at radius 2 is 1.45 bits per heavy atom. The summed E-state index contributed by atoms with van der Waals surface area (Å²) in [5, 5.41) is 1.57. The Kier molecular flexibility index (Phi) is 6.07. The Labute approximate surface area is 129 Å². The molecule has 0 atom stereocenters. The summed E-state index contributed by atoms with van der Waals surface area (Å²) < 4.78 is 4.58. The summed E-state index contributed by atoms with van der Waals surface area (Å²) in [6.45, 7) is 4.37. The Balaban J connectivity index is 2.09. The summed E-state index contributed by atoms with van der Waals surface area (Å²) in [6.07, 6.45) is 13.8. The van der Waals surface area contributed by atoms with Crippen LogP contribution in [0.5, 0.6) is 0 Å². The molecule has 1 aliphatic carbocycles. The van der Waals surface area contributed by atoms with Gasteiger partial charge >= 0.3 is 0 Å². The van der Waals surface area contributed by atoms with Crippen LogP contribution in [-0.4, -0.2) is 17.2 Å². The highest BCUT2D eigenvalue weighted by molar-refractivity contribution is 7.05. The first kappa shape index (κ1) is 16.0. The van der Waals surface area contributed by atoms with Crippen LogP contribution in [-0.2, 0) is 5.31 Å². The molecule has 2 nitrogen and oxygen atoms in total. The van der Waals surface area contributed by atoms with Crippen molar-refractivity contribution in [3.63, 3.8) is 0 Å². The molecular weight excluding hydrogens is 263 g/mol. The Morgan fingerprint density at radius 1 is 0.950 bits per heavy atom. The van der Waals surface area contributed by atoms with Gasteiger partial charge in [0, 0.05) is 5.92 Å². The van der Waals surface area contributed by atoms with E-state index in [4.69, 9.17) is 4.98 Å². The lowest BCUT2D eigenvalue weighted by atomic mass is 9.63. The Hall–Kier alpha value is -0.375. The zero-order chi connectivity index (χ0) is 14.4. The maximum atomic E-state index is 4.86. The summed E-state index contributed by atoms with van der Waals surface area (Å²) >= 11 is 1.66. The minimum absolute atomic E-state index is 0.273. The number of aromatic nitrogens is 2. The van der Waals surface area contributed by atoms with Crippen LogP contribution in [0.2, 0.25) is 0 Å². The Bertz CT molecular complexity index is 391. The van der Waals surface area contributed by atoms with Gasteiger partial charge in [-0.3, -0.25) is 0 Å². The molecule has 112 valence electrons. The molecule has 1 heterocycles. The summed E-state index contributed by atoms with van der Waals surface area (Å²) in [4.78, 5) is 4.86. The van der Waals surface area contributed by atoms with Gasteiger partial charge in [0.15, 0.2) is 0 Å². The van der Waals surface area contributed by atoms with Crippen LogP contribution in [0, 0.1) is 0 Å². The topological polar surface area (TPSA) is 25.8 Å². The second-order valence-electron chi connectivity index (χ2n) is 7.00. The van der Waals surface area contributed by atoms with Gasteiger partial charge < -0.3 is 0 Å². The zero-order valence-corrected chi connectivity index (χ0v) is 14.3. The van der Waals surface area contributed by atoms with E-state index in [-0.39, 0.29) is 5.31 Å². The van der Waals surface area contributed by atoms with Gasteiger partial charge in [0.05, 0.1) is 0 Å². The van der Waals surface area contributed by atoms with Crippen molar-refractivity contribution in [1.82, 2.24) is 9.36 Å². The van der Waals surface area contributed by atoms with Gasteiger partial charge in [-0.25, -0.2) is 4.98 Å². The van der Waals surface area contributed by atoms with Crippen LogP contribution in [0.1, 0.15) is 94.8 Å². The van der Waals surface area contributed by atoms with Crippen molar-refractivity contribution >= 4 is 19.4 Å². The van der Waals surface area contributed by atoms with Crippen molar-refractivity contribution in [1.29, 1.82) is 0 Å². The van der Waals surface area contributed by atoms with E-state index < -0.39 is 0 Å². The third-order valence-corrected chi connectivity index (χ3v) is 5.72. The van der Waals surface area contributed by atoms with Gasteiger partial charge in [-0.05, 0) is 29.7 Å². The molecule has 0 bridgehead atoms. The highest BCUT2D eigenvalue weighted by Crippen LogP contribution is 2.35. The molecule has 0 spiro atoms. The van der Waals surface area contributed by atoms with Crippen molar-refractivity contribution in [2.24, 2.45) is 0 Å². The fourth-order valence-electron chi connectivity index (χ4n) is 3.14. The first-order chi connectivity index (χ1) is 9.62. The lowest BCUT2D eigenvalue weighted by Crippen LogP contribution is -2.26. The largest absolute Gasteiger partial charge is 0.224 e. The highest BCUT2D eigenvalue weighted by atomic mass is 32.1. The fourth-order valence-corrected chi connectivity index (χ4v) is 4.13. The molecule has 0 amide bonds. The second kappa shape index (κ2) is 7.58. The SMILES string of the molecule is BC1(c2nc(C(C)C)ns2)CCCCCCCCCC1. The molecule has 0 unspecified atom stereocenters. The van der Waals surface area contributed by atoms with Crippen LogP contribution in [0.3, 0.4) is 0 Å². The number of nitrogens with zero attached hydrogens (tertiary/aromatic N) is 2. The summed E-state index contributed by atoms with van der Waals surface area (Å²) in [7, 11) is 2.43. The molecule has 20 heavy (non-hydrogen) atoms. The van der Waals surface area contributed by atoms with Crippen molar-refractivity contribution in [2.45, 2.75) is 89.3 Å². The van der Waals surface area contributed by atoms with Gasteiger partial charge in [0.25, 0.3) is 0 Å². The maximum Gasteiger partial charge on any atom is 0.145 e. The van der Waals surface area contributed by atoms with Gasteiger partial charge in [-0.2, -0.15) is 4.37 Å². The quantitative estimate of drug-likeness (QED) is 0.755. The predicted molar refractivity (Wildman–Crippen MR) is 90.4 cm³/mol. The van der Waals surface area contributed by atoms with E-state index in [1.54, 1.807) is 11.5 Å². The summed E-state index contributed by atoms with van der Waals surface area (Å²) in [6, 6.07) is 0. The monoisotopic (exact) mass is 292 g/mol. The molecule has 0 N–H and O–H groups in total. The third-order valence-electron chi connectivity index (χ3n) is 4.68. The van der Waals surface area contributed by atoms with Crippen molar-refractivity contribution < 1.29 is 0 Å². The van der Waals surface area contributed by atoms with Gasteiger partial charge in [0.1, 0.15) is 18.7 Å². The van der Waals surface area contributed by atoms with Crippen molar-refractivity contribution in [2.75, 3.05) is 0 Å². The van der Waals surface area contributed by atoms with Crippen molar-refractivity contribution in [3.05, 3.63) is 10.8 Å². The number of hydrogen-bond donors (Lipinski definition) is 0. The van der Waals surface area contributed by atoms with Crippen LogP contribution < -0.4 is 0 Å². The van der Waals surface area contributed by atoms with Gasteiger partial charge in [0.2, 0.25) is 0 Å². The molecular formula is C16H29BN2S. The van der Waals surface area contributed by atoms with Crippen LogP contribution in [0.15, 0.2) is 0 Å². The molecule has 1 aliphatic rings. The van der Waals surface area contributed by atoms with Crippen LogP contribution >= 0.6 is 11.5 Å². The molecule has 0 aromatic carbocycles. The van der Waals surface area contributed by atoms with E-state index >= 15 is 0 Å². The first-order valence-electron chi connectivity index (χ1n) is 8.46. The minimum atomic E-state index is 0.273. The van der Waals surface area contributed by atoms with Crippen LogP contribution in [0.4, 0.5) is 0 Å². The molecule has 1 aromatic heterocycles. The zero-order valence-electron chi connectivity index (χ0n) is 13.5. The third kappa shape index (κ3) is 4.31.